The molecule has 1 fully saturated rings. The van der Waals surface area contributed by atoms with E-state index in [0.717, 1.165) is 0 Å². The zero-order chi connectivity index (χ0) is 13.8. The van der Waals surface area contributed by atoms with Crippen LogP contribution >= 0.6 is 15.9 Å². The molecule has 0 aromatic carbocycles. The largest absolute Gasteiger partial charge is 0.481 e. The molecule has 7 heteroatoms. The van der Waals surface area contributed by atoms with E-state index in [2.05, 4.69) is 20.8 Å². The summed E-state index contributed by atoms with van der Waals surface area (Å²) in [4.78, 5) is 26.5. The van der Waals surface area contributed by atoms with E-state index in [1.807, 2.05) is 0 Å². The molecule has 0 unspecified atom stereocenters. The molecule has 2 heterocycles. The van der Waals surface area contributed by atoms with E-state index in [1.165, 1.54) is 6.26 Å². The molecule has 1 amide bonds. The number of amides is 1. The number of aliphatic carboxylic acids is 1. The van der Waals surface area contributed by atoms with Gasteiger partial charge in [-0.3, -0.25) is 14.5 Å². The first kappa shape index (κ1) is 14.1. The average molecular weight is 331 g/mol. The molecule has 1 saturated heterocycles. The van der Waals surface area contributed by atoms with Crippen molar-refractivity contribution in [1.82, 2.24) is 9.80 Å². The Morgan fingerprint density at radius 2 is 2.00 bits per heavy atom. The number of carbonyl (C=O) groups is 2. The molecule has 0 bridgehead atoms. The molecule has 0 spiro atoms. The monoisotopic (exact) mass is 330 g/mol. The Morgan fingerprint density at radius 1 is 1.32 bits per heavy atom. The summed E-state index contributed by atoms with van der Waals surface area (Å²) in [5, 5.41) is 8.63. The number of rotatable bonds is 4. The van der Waals surface area contributed by atoms with Gasteiger partial charge in [0.1, 0.15) is 0 Å². The van der Waals surface area contributed by atoms with Crippen molar-refractivity contribution < 1.29 is 19.1 Å². The van der Waals surface area contributed by atoms with Gasteiger partial charge in [-0.1, -0.05) is 0 Å². The third-order valence-electron chi connectivity index (χ3n) is 3.15. The third-order valence-corrected chi connectivity index (χ3v) is 3.76. The summed E-state index contributed by atoms with van der Waals surface area (Å²) in [5.41, 5.74) is 0.527. The minimum atomic E-state index is -0.791. The number of carbonyl (C=O) groups excluding carboxylic acids is 1. The SMILES string of the molecule is O=C(O)CCN1CCN(C(=O)c2ccoc2Br)CC1. The zero-order valence-corrected chi connectivity index (χ0v) is 11.9. The van der Waals surface area contributed by atoms with E-state index >= 15 is 0 Å². The lowest BCUT2D eigenvalue weighted by atomic mass is 10.2. The van der Waals surface area contributed by atoms with Gasteiger partial charge in [-0.2, -0.15) is 0 Å². The Hall–Kier alpha value is -1.34. The highest BCUT2D eigenvalue weighted by Gasteiger charge is 2.24. The highest BCUT2D eigenvalue weighted by atomic mass is 79.9. The standard InChI is InChI=1S/C12H15BrN2O4/c13-11-9(2-8-19-11)12(18)15-6-4-14(5-7-15)3-1-10(16)17/h2,8H,1,3-7H2,(H,16,17). The Morgan fingerprint density at radius 3 is 2.53 bits per heavy atom. The molecule has 19 heavy (non-hydrogen) atoms. The summed E-state index contributed by atoms with van der Waals surface area (Å²) < 4.78 is 5.51. The predicted molar refractivity (Wildman–Crippen MR) is 71.0 cm³/mol. The number of carboxylic acids is 1. The van der Waals surface area contributed by atoms with Crippen LogP contribution in [0.25, 0.3) is 0 Å². The van der Waals surface area contributed by atoms with Crippen molar-refractivity contribution >= 4 is 27.8 Å². The van der Waals surface area contributed by atoms with Crippen molar-refractivity contribution in [3.05, 3.63) is 22.6 Å². The van der Waals surface area contributed by atoms with Crippen LogP contribution in [-0.2, 0) is 4.79 Å². The molecule has 1 N–H and O–H groups in total. The minimum absolute atomic E-state index is 0.0569. The number of carboxylic acid groups (broad SMARTS) is 1. The molecule has 0 saturated carbocycles. The molecule has 104 valence electrons. The van der Waals surface area contributed by atoms with Crippen molar-refractivity contribution in [3.63, 3.8) is 0 Å². The first-order chi connectivity index (χ1) is 9.08. The zero-order valence-electron chi connectivity index (χ0n) is 10.3. The topological polar surface area (TPSA) is 74.0 Å². The number of furan rings is 1. The van der Waals surface area contributed by atoms with Crippen molar-refractivity contribution in [3.8, 4) is 0 Å². The molecule has 1 aliphatic rings. The predicted octanol–water partition coefficient (Wildman–Crippen LogP) is 1.27. The normalized spacial score (nSPS) is 16.6. The Kier molecular flexibility index (Phi) is 4.60. The lowest BCUT2D eigenvalue weighted by Gasteiger charge is -2.34. The van der Waals surface area contributed by atoms with Gasteiger partial charge in [0.25, 0.3) is 5.91 Å². The van der Waals surface area contributed by atoms with Gasteiger partial charge in [0.05, 0.1) is 18.2 Å². The second-order valence-corrected chi connectivity index (χ2v) is 5.11. The molecule has 1 aromatic rings. The smallest absolute Gasteiger partial charge is 0.304 e. The van der Waals surface area contributed by atoms with Gasteiger partial charge in [0.2, 0.25) is 0 Å². The number of piperazine rings is 1. The lowest BCUT2D eigenvalue weighted by Crippen LogP contribution is -2.49. The summed E-state index contributed by atoms with van der Waals surface area (Å²) in [7, 11) is 0. The van der Waals surface area contributed by atoms with Crippen molar-refractivity contribution in [1.29, 1.82) is 0 Å². The molecular weight excluding hydrogens is 316 g/mol. The average Bonchev–Trinajstić information content (AvgIpc) is 2.82. The summed E-state index contributed by atoms with van der Waals surface area (Å²) in [5.74, 6) is -0.848. The summed E-state index contributed by atoms with van der Waals surface area (Å²) >= 11 is 3.20. The van der Waals surface area contributed by atoms with Gasteiger partial charge in [-0.05, 0) is 22.0 Å². The van der Waals surface area contributed by atoms with Crippen LogP contribution in [0.4, 0.5) is 0 Å². The van der Waals surface area contributed by atoms with Crippen LogP contribution in [0, 0.1) is 0 Å². The molecule has 1 aromatic heterocycles. The van der Waals surface area contributed by atoms with Crippen molar-refractivity contribution in [2.24, 2.45) is 0 Å². The summed E-state index contributed by atoms with van der Waals surface area (Å²) in [6.45, 7) is 3.15. The van der Waals surface area contributed by atoms with Crippen molar-refractivity contribution in [2.45, 2.75) is 6.42 Å². The number of hydrogen-bond donors (Lipinski definition) is 1. The fourth-order valence-electron chi connectivity index (χ4n) is 2.04. The quantitative estimate of drug-likeness (QED) is 0.900. The fraction of sp³-hybridized carbons (Fsp3) is 0.500. The van der Waals surface area contributed by atoms with Crippen LogP contribution in [0.5, 0.6) is 0 Å². The van der Waals surface area contributed by atoms with Gasteiger partial charge in [0, 0.05) is 32.7 Å². The van der Waals surface area contributed by atoms with E-state index < -0.39 is 5.97 Å². The van der Waals surface area contributed by atoms with Crippen LogP contribution < -0.4 is 0 Å². The summed E-state index contributed by atoms with van der Waals surface area (Å²) in [6.07, 6.45) is 1.61. The van der Waals surface area contributed by atoms with Crippen LogP contribution in [-0.4, -0.2) is 59.5 Å². The van der Waals surface area contributed by atoms with Gasteiger partial charge in [0.15, 0.2) is 4.67 Å². The van der Waals surface area contributed by atoms with Crippen LogP contribution in [0.15, 0.2) is 21.4 Å². The van der Waals surface area contributed by atoms with Crippen LogP contribution in [0.1, 0.15) is 16.8 Å². The molecule has 0 aliphatic carbocycles. The molecular formula is C12H15BrN2O4. The molecule has 1 aliphatic heterocycles. The Labute approximate surface area is 119 Å². The van der Waals surface area contributed by atoms with Crippen molar-refractivity contribution in [2.75, 3.05) is 32.7 Å². The van der Waals surface area contributed by atoms with Gasteiger partial charge >= 0.3 is 5.97 Å². The molecule has 6 nitrogen and oxygen atoms in total. The maximum Gasteiger partial charge on any atom is 0.304 e. The van der Waals surface area contributed by atoms with Gasteiger partial charge in [-0.15, -0.1) is 0 Å². The highest BCUT2D eigenvalue weighted by Crippen LogP contribution is 2.20. The highest BCUT2D eigenvalue weighted by molar-refractivity contribution is 9.10. The Bertz CT molecular complexity index is 466. The number of nitrogens with zero attached hydrogens (tertiary/aromatic N) is 2. The maximum atomic E-state index is 12.2. The lowest BCUT2D eigenvalue weighted by molar-refractivity contribution is -0.137. The first-order valence-electron chi connectivity index (χ1n) is 6.04. The van der Waals surface area contributed by atoms with E-state index in [1.54, 1.807) is 11.0 Å². The number of hydrogen-bond acceptors (Lipinski definition) is 4. The van der Waals surface area contributed by atoms with Gasteiger partial charge < -0.3 is 14.4 Å². The van der Waals surface area contributed by atoms with E-state index in [0.29, 0.717) is 43.0 Å². The van der Waals surface area contributed by atoms with E-state index in [4.69, 9.17) is 9.52 Å². The molecule has 0 atom stereocenters. The second-order valence-electron chi connectivity index (χ2n) is 4.39. The fourth-order valence-corrected chi connectivity index (χ4v) is 2.45. The first-order valence-corrected chi connectivity index (χ1v) is 6.83. The second kappa shape index (κ2) is 6.21. The maximum absolute atomic E-state index is 12.2. The minimum Gasteiger partial charge on any atom is -0.481 e. The molecule has 2 rings (SSSR count). The third kappa shape index (κ3) is 3.57. The van der Waals surface area contributed by atoms with E-state index in [-0.39, 0.29) is 12.3 Å². The van der Waals surface area contributed by atoms with E-state index in [9.17, 15) is 9.59 Å². The van der Waals surface area contributed by atoms with Crippen LogP contribution in [0.2, 0.25) is 0 Å². The van der Waals surface area contributed by atoms with Crippen LogP contribution in [0.3, 0.4) is 0 Å². The number of halogens is 1. The summed E-state index contributed by atoms with van der Waals surface area (Å²) in [6, 6.07) is 1.64. The Balaban J connectivity index is 1.85. The molecule has 0 radical (unpaired) electrons. The van der Waals surface area contributed by atoms with Gasteiger partial charge in [-0.25, -0.2) is 0 Å².